The van der Waals surface area contributed by atoms with E-state index < -0.39 is 10.0 Å². The minimum atomic E-state index is -3.67. The standard InChI is InChI=1S/C15H16BrNO3S/c16-14-8-4-5-9-15(14)21(19,20)17(10-11-18)12-13-6-2-1-3-7-13/h1-9,18H,10-12H2. The Morgan fingerprint density at radius 2 is 1.62 bits per heavy atom. The van der Waals surface area contributed by atoms with Crippen molar-refractivity contribution in [1.82, 2.24) is 4.31 Å². The van der Waals surface area contributed by atoms with E-state index in [2.05, 4.69) is 15.9 Å². The van der Waals surface area contributed by atoms with Crippen molar-refractivity contribution >= 4 is 26.0 Å². The normalized spacial score (nSPS) is 11.8. The highest BCUT2D eigenvalue weighted by Crippen LogP contribution is 2.25. The zero-order valence-electron chi connectivity index (χ0n) is 11.3. The molecule has 21 heavy (non-hydrogen) atoms. The monoisotopic (exact) mass is 369 g/mol. The summed E-state index contributed by atoms with van der Waals surface area (Å²) in [6.45, 7) is 0.0557. The van der Waals surface area contributed by atoms with Gasteiger partial charge in [0.25, 0.3) is 0 Å². The smallest absolute Gasteiger partial charge is 0.244 e. The molecule has 0 radical (unpaired) electrons. The van der Waals surface area contributed by atoms with Gasteiger partial charge in [-0.1, -0.05) is 42.5 Å². The molecule has 1 N–H and O–H groups in total. The van der Waals surface area contributed by atoms with E-state index in [4.69, 9.17) is 0 Å². The number of hydrogen-bond acceptors (Lipinski definition) is 3. The highest BCUT2D eigenvalue weighted by molar-refractivity contribution is 9.10. The van der Waals surface area contributed by atoms with Gasteiger partial charge in [0.05, 0.1) is 11.5 Å². The van der Waals surface area contributed by atoms with Gasteiger partial charge in [-0.15, -0.1) is 0 Å². The van der Waals surface area contributed by atoms with Crippen LogP contribution < -0.4 is 0 Å². The number of sulfonamides is 1. The van der Waals surface area contributed by atoms with Crippen molar-refractivity contribution in [1.29, 1.82) is 0 Å². The number of halogens is 1. The van der Waals surface area contributed by atoms with Gasteiger partial charge in [0.15, 0.2) is 0 Å². The maximum absolute atomic E-state index is 12.7. The molecular weight excluding hydrogens is 354 g/mol. The zero-order chi connectivity index (χ0) is 15.3. The SMILES string of the molecule is O=S(=O)(c1ccccc1Br)N(CCO)Cc1ccccc1. The van der Waals surface area contributed by atoms with Gasteiger partial charge in [0, 0.05) is 17.6 Å². The molecule has 0 saturated carbocycles. The van der Waals surface area contributed by atoms with Crippen molar-refractivity contribution in [2.24, 2.45) is 0 Å². The lowest BCUT2D eigenvalue weighted by atomic mass is 10.2. The molecule has 0 spiro atoms. The van der Waals surface area contributed by atoms with Gasteiger partial charge >= 0.3 is 0 Å². The fraction of sp³-hybridized carbons (Fsp3) is 0.200. The van der Waals surface area contributed by atoms with Gasteiger partial charge in [-0.3, -0.25) is 0 Å². The van der Waals surface area contributed by atoms with Crippen LogP contribution in [0.5, 0.6) is 0 Å². The van der Waals surface area contributed by atoms with Crippen LogP contribution in [0.4, 0.5) is 0 Å². The van der Waals surface area contributed by atoms with E-state index in [0.717, 1.165) is 5.56 Å². The number of aliphatic hydroxyl groups excluding tert-OH is 1. The first-order chi connectivity index (χ1) is 10.1. The number of benzene rings is 2. The molecule has 2 aromatic rings. The summed E-state index contributed by atoms with van der Waals surface area (Å²) in [6, 6.07) is 16.0. The van der Waals surface area contributed by atoms with E-state index in [-0.39, 0.29) is 24.6 Å². The highest BCUT2D eigenvalue weighted by Gasteiger charge is 2.26. The third-order valence-corrected chi connectivity index (χ3v) is 5.86. The molecule has 112 valence electrons. The third kappa shape index (κ3) is 3.91. The highest BCUT2D eigenvalue weighted by atomic mass is 79.9. The fourth-order valence-corrected chi connectivity index (χ4v) is 4.36. The molecule has 6 heteroatoms. The number of rotatable bonds is 6. The molecule has 0 fully saturated rings. The third-order valence-electron chi connectivity index (χ3n) is 3.01. The average Bonchev–Trinajstić information content (AvgIpc) is 2.48. The molecule has 4 nitrogen and oxygen atoms in total. The minimum Gasteiger partial charge on any atom is -0.395 e. The average molecular weight is 370 g/mol. The van der Waals surface area contributed by atoms with E-state index >= 15 is 0 Å². The summed E-state index contributed by atoms with van der Waals surface area (Å²) in [5.41, 5.74) is 0.876. The molecule has 2 rings (SSSR count). The van der Waals surface area contributed by atoms with Gasteiger partial charge < -0.3 is 5.11 Å². The summed E-state index contributed by atoms with van der Waals surface area (Å²) < 4.78 is 27.3. The van der Waals surface area contributed by atoms with Crippen molar-refractivity contribution in [3.8, 4) is 0 Å². The number of hydrogen-bond donors (Lipinski definition) is 1. The Bertz CT molecular complexity index is 689. The summed E-state index contributed by atoms with van der Waals surface area (Å²) in [5, 5.41) is 9.18. The summed E-state index contributed by atoms with van der Waals surface area (Å²) >= 11 is 3.27. The van der Waals surface area contributed by atoms with Gasteiger partial charge in [0.1, 0.15) is 0 Å². The second-order valence-corrected chi connectivity index (χ2v) is 7.24. The Hall–Kier alpha value is -1.21. The molecule has 0 amide bonds. The van der Waals surface area contributed by atoms with Gasteiger partial charge in [-0.2, -0.15) is 4.31 Å². The Morgan fingerprint density at radius 1 is 1.00 bits per heavy atom. The number of aliphatic hydroxyl groups is 1. The van der Waals surface area contributed by atoms with Crippen LogP contribution in [0.15, 0.2) is 64.0 Å². The van der Waals surface area contributed by atoms with E-state index in [1.165, 1.54) is 4.31 Å². The van der Waals surface area contributed by atoms with Crippen LogP contribution in [0.2, 0.25) is 0 Å². The molecule has 0 atom stereocenters. The van der Waals surface area contributed by atoms with Gasteiger partial charge in [-0.25, -0.2) is 8.42 Å². The molecule has 0 saturated heterocycles. The summed E-state index contributed by atoms with van der Waals surface area (Å²) in [5.74, 6) is 0. The van der Waals surface area contributed by atoms with E-state index in [1.807, 2.05) is 30.3 Å². The Kier molecular flexibility index (Phi) is 5.52. The van der Waals surface area contributed by atoms with Crippen LogP contribution in [0, 0.1) is 0 Å². The molecular formula is C15H16BrNO3S. The lowest BCUT2D eigenvalue weighted by Gasteiger charge is -2.22. The lowest BCUT2D eigenvalue weighted by Crippen LogP contribution is -2.33. The quantitative estimate of drug-likeness (QED) is 0.851. The molecule has 0 aromatic heterocycles. The van der Waals surface area contributed by atoms with E-state index in [9.17, 15) is 13.5 Å². The van der Waals surface area contributed by atoms with Crippen LogP contribution in [0.25, 0.3) is 0 Å². The van der Waals surface area contributed by atoms with Crippen LogP contribution in [0.3, 0.4) is 0 Å². The fourth-order valence-electron chi connectivity index (χ4n) is 1.98. The van der Waals surface area contributed by atoms with Crippen molar-refractivity contribution in [2.45, 2.75) is 11.4 Å². The second-order valence-electron chi connectivity index (χ2n) is 4.48. The summed E-state index contributed by atoms with van der Waals surface area (Å²) in [7, 11) is -3.67. The van der Waals surface area contributed by atoms with Crippen molar-refractivity contribution in [2.75, 3.05) is 13.2 Å². The topological polar surface area (TPSA) is 57.6 Å². The molecule has 0 unspecified atom stereocenters. The molecule has 0 aliphatic rings. The maximum Gasteiger partial charge on any atom is 0.244 e. The first kappa shape index (κ1) is 16.2. The first-order valence-corrected chi connectivity index (χ1v) is 8.68. The van der Waals surface area contributed by atoms with Gasteiger partial charge in [-0.05, 0) is 33.6 Å². The minimum absolute atomic E-state index is 0.0541. The Balaban J connectivity index is 2.35. The maximum atomic E-state index is 12.7. The Labute approximate surface area is 133 Å². The van der Waals surface area contributed by atoms with Crippen LogP contribution in [0.1, 0.15) is 5.56 Å². The lowest BCUT2D eigenvalue weighted by molar-refractivity contribution is 0.251. The van der Waals surface area contributed by atoms with Crippen LogP contribution >= 0.6 is 15.9 Å². The van der Waals surface area contributed by atoms with E-state index in [1.54, 1.807) is 24.3 Å². The van der Waals surface area contributed by atoms with Crippen molar-refractivity contribution in [3.63, 3.8) is 0 Å². The van der Waals surface area contributed by atoms with Crippen molar-refractivity contribution < 1.29 is 13.5 Å². The van der Waals surface area contributed by atoms with Crippen LogP contribution in [-0.4, -0.2) is 31.0 Å². The predicted molar refractivity (Wildman–Crippen MR) is 85.3 cm³/mol. The summed E-state index contributed by atoms with van der Waals surface area (Å²) in [6.07, 6.45) is 0. The second kappa shape index (κ2) is 7.17. The first-order valence-electron chi connectivity index (χ1n) is 6.45. The largest absolute Gasteiger partial charge is 0.395 e. The molecule has 0 aliphatic heterocycles. The molecule has 0 bridgehead atoms. The predicted octanol–water partition coefficient (Wildman–Crippen LogP) is 2.63. The number of nitrogens with zero attached hydrogens (tertiary/aromatic N) is 1. The summed E-state index contributed by atoms with van der Waals surface area (Å²) in [4.78, 5) is 0.203. The molecule has 2 aromatic carbocycles. The molecule has 0 heterocycles. The van der Waals surface area contributed by atoms with E-state index in [0.29, 0.717) is 4.47 Å². The molecule has 0 aliphatic carbocycles. The zero-order valence-corrected chi connectivity index (χ0v) is 13.7. The van der Waals surface area contributed by atoms with Gasteiger partial charge in [0.2, 0.25) is 10.0 Å². The van der Waals surface area contributed by atoms with Crippen LogP contribution in [-0.2, 0) is 16.6 Å². The Morgan fingerprint density at radius 3 is 2.24 bits per heavy atom. The van der Waals surface area contributed by atoms with Crippen molar-refractivity contribution in [3.05, 3.63) is 64.6 Å².